The van der Waals surface area contributed by atoms with Gasteiger partial charge in [-0.05, 0) is 23.8 Å². The fourth-order valence-electron chi connectivity index (χ4n) is 1.45. The summed E-state index contributed by atoms with van der Waals surface area (Å²) in [4.78, 5) is 12.5. The van der Waals surface area contributed by atoms with E-state index in [1.807, 2.05) is 60.7 Å². The lowest BCUT2D eigenvalue weighted by molar-refractivity contribution is -0.131. The Morgan fingerprint density at radius 1 is 0.944 bits per heavy atom. The van der Waals surface area contributed by atoms with Crippen molar-refractivity contribution in [3.63, 3.8) is 0 Å². The third-order valence-corrected chi connectivity index (χ3v) is 3.30. The molecule has 2 aromatic carbocycles. The summed E-state index contributed by atoms with van der Waals surface area (Å²) in [6, 6.07) is 18.9. The summed E-state index contributed by atoms with van der Waals surface area (Å²) in [6.07, 6.45) is 1.68. The molecule has 1 N–H and O–H groups in total. The Morgan fingerprint density at radius 3 is 2.06 bits per heavy atom. The minimum absolute atomic E-state index is 0.312. The van der Waals surface area contributed by atoms with E-state index >= 15 is 0 Å². The molecule has 0 aliphatic heterocycles. The molecular weight excluding hydrogens is 244 g/mol. The average molecular weight is 256 g/mol. The van der Waals surface area contributed by atoms with Crippen molar-refractivity contribution in [2.24, 2.45) is 0 Å². The zero-order valence-electron chi connectivity index (χ0n) is 9.61. The molecule has 0 saturated heterocycles. The van der Waals surface area contributed by atoms with Gasteiger partial charge < -0.3 is 5.11 Å². The smallest absolute Gasteiger partial charge is 0.342 e. The highest BCUT2D eigenvalue weighted by Gasteiger charge is 2.09. The summed E-state index contributed by atoms with van der Waals surface area (Å²) >= 11 is 1.25. The molecular formula is C15H12O2S. The number of aliphatic carboxylic acids is 1. The molecule has 0 spiro atoms. The second-order valence-corrected chi connectivity index (χ2v) is 4.75. The van der Waals surface area contributed by atoms with Gasteiger partial charge in [-0.15, -0.1) is 0 Å². The lowest BCUT2D eigenvalue weighted by atomic mass is 10.2. The van der Waals surface area contributed by atoms with Crippen LogP contribution in [-0.4, -0.2) is 11.1 Å². The Bertz CT molecular complexity index is 547. The minimum atomic E-state index is -0.910. The highest BCUT2D eigenvalue weighted by molar-refractivity contribution is 8.04. The molecule has 90 valence electrons. The van der Waals surface area contributed by atoms with Gasteiger partial charge in [0.2, 0.25) is 0 Å². The summed E-state index contributed by atoms with van der Waals surface area (Å²) in [5.41, 5.74) is 0.887. The number of carbonyl (C=O) groups is 1. The van der Waals surface area contributed by atoms with E-state index in [1.54, 1.807) is 6.08 Å². The number of rotatable bonds is 4. The van der Waals surface area contributed by atoms with Crippen molar-refractivity contribution in [1.29, 1.82) is 0 Å². The van der Waals surface area contributed by atoms with Gasteiger partial charge in [0.25, 0.3) is 0 Å². The highest BCUT2D eigenvalue weighted by atomic mass is 32.2. The first-order chi connectivity index (χ1) is 8.75. The molecule has 2 rings (SSSR count). The predicted octanol–water partition coefficient (Wildman–Crippen LogP) is 3.90. The van der Waals surface area contributed by atoms with Gasteiger partial charge >= 0.3 is 5.97 Å². The average Bonchev–Trinajstić information content (AvgIpc) is 2.40. The lowest BCUT2D eigenvalue weighted by Gasteiger charge is -2.02. The van der Waals surface area contributed by atoms with Crippen LogP contribution >= 0.6 is 11.8 Å². The second-order valence-electron chi connectivity index (χ2n) is 3.64. The van der Waals surface area contributed by atoms with Gasteiger partial charge in [-0.2, -0.15) is 0 Å². The fraction of sp³-hybridized carbons (Fsp3) is 0. The molecule has 0 aromatic heterocycles. The van der Waals surface area contributed by atoms with Gasteiger partial charge in [0, 0.05) is 4.90 Å². The van der Waals surface area contributed by atoms with Crippen molar-refractivity contribution in [2.45, 2.75) is 4.90 Å². The number of hydrogen-bond acceptors (Lipinski definition) is 2. The standard InChI is InChI=1S/C15H12O2S/c16-15(17)14(11-12-7-3-1-4-8-12)18-13-9-5-2-6-10-13/h1-11H,(H,16,17)/b14-11+. The van der Waals surface area contributed by atoms with E-state index in [2.05, 4.69) is 0 Å². The molecule has 0 saturated carbocycles. The number of hydrogen-bond donors (Lipinski definition) is 1. The molecule has 3 heteroatoms. The first kappa shape index (κ1) is 12.5. The van der Waals surface area contributed by atoms with Crippen LogP contribution in [0, 0.1) is 0 Å². The van der Waals surface area contributed by atoms with Crippen molar-refractivity contribution < 1.29 is 9.90 Å². The zero-order valence-corrected chi connectivity index (χ0v) is 10.4. The fourth-order valence-corrected chi connectivity index (χ4v) is 2.28. The van der Waals surface area contributed by atoms with Gasteiger partial charge in [0.1, 0.15) is 0 Å². The summed E-state index contributed by atoms with van der Waals surface area (Å²) in [6.45, 7) is 0. The zero-order chi connectivity index (χ0) is 12.8. The number of carboxylic acid groups (broad SMARTS) is 1. The van der Waals surface area contributed by atoms with Crippen LogP contribution in [-0.2, 0) is 4.79 Å². The second kappa shape index (κ2) is 6.07. The van der Waals surface area contributed by atoms with Crippen molar-refractivity contribution in [3.05, 3.63) is 71.1 Å². The molecule has 2 aromatic rings. The van der Waals surface area contributed by atoms with Crippen LogP contribution in [0.3, 0.4) is 0 Å². The van der Waals surface area contributed by atoms with Gasteiger partial charge in [0.05, 0.1) is 4.91 Å². The third-order valence-electron chi connectivity index (χ3n) is 2.28. The highest BCUT2D eigenvalue weighted by Crippen LogP contribution is 2.28. The normalized spacial score (nSPS) is 11.2. The Kier molecular flexibility index (Phi) is 4.20. The molecule has 18 heavy (non-hydrogen) atoms. The molecule has 0 atom stereocenters. The first-order valence-electron chi connectivity index (χ1n) is 5.48. The van der Waals surface area contributed by atoms with Gasteiger partial charge in [-0.25, -0.2) is 4.79 Å². The van der Waals surface area contributed by atoms with Crippen LogP contribution in [0.15, 0.2) is 70.5 Å². The maximum atomic E-state index is 11.2. The van der Waals surface area contributed by atoms with Gasteiger partial charge in [-0.3, -0.25) is 0 Å². The van der Waals surface area contributed by atoms with E-state index < -0.39 is 5.97 Å². The van der Waals surface area contributed by atoms with Crippen molar-refractivity contribution in [1.82, 2.24) is 0 Å². The van der Waals surface area contributed by atoms with Crippen LogP contribution in [0.5, 0.6) is 0 Å². The Balaban J connectivity index is 2.25. The monoisotopic (exact) mass is 256 g/mol. The Hall–Kier alpha value is -2.00. The van der Waals surface area contributed by atoms with E-state index in [0.717, 1.165) is 10.5 Å². The maximum absolute atomic E-state index is 11.2. The first-order valence-corrected chi connectivity index (χ1v) is 6.30. The minimum Gasteiger partial charge on any atom is -0.477 e. The molecule has 0 amide bonds. The Morgan fingerprint density at radius 2 is 1.50 bits per heavy atom. The summed E-state index contributed by atoms with van der Waals surface area (Å²) in [7, 11) is 0. The molecule has 0 fully saturated rings. The van der Waals surface area contributed by atoms with Crippen molar-refractivity contribution in [3.8, 4) is 0 Å². The number of thioether (sulfide) groups is 1. The van der Waals surface area contributed by atoms with E-state index in [4.69, 9.17) is 0 Å². The lowest BCUT2D eigenvalue weighted by Crippen LogP contribution is -1.96. The van der Waals surface area contributed by atoms with E-state index in [0.29, 0.717) is 4.91 Å². The van der Waals surface area contributed by atoms with Crippen LogP contribution in [0.1, 0.15) is 5.56 Å². The van der Waals surface area contributed by atoms with E-state index in [9.17, 15) is 9.90 Å². The number of carboxylic acids is 1. The predicted molar refractivity (Wildman–Crippen MR) is 74.4 cm³/mol. The van der Waals surface area contributed by atoms with Gasteiger partial charge in [0.15, 0.2) is 0 Å². The van der Waals surface area contributed by atoms with Crippen LogP contribution < -0.4 is 0 Å². The Labute approximate surface area is 110 Å². The molecule has 2 nitrogen and oxygen atoms in total. The summed E-state index contributed by atoms with van der Waals surface area (Å²) in [5.74, 6) is -0.910. The number of benzene rings is 2. The molecule has 0 heterocycles. The van der Waals surface area contributed by atoms with E-state index in [1.165, 1.54) is 11.8 Å². The van der Waals surface area contributed by atoms with Crippen molar-refractivity contribution >= 4 is 23.8 Å². The van der Waals surface area contributed by atoms with Gasteiger partial charge in [-0.1, -0.05) is 60.3 Å². The van der Waals surface area contributed by atoms with Crippen molar-refractivity contribution in [2.75, 3.05) is 0 Å². The summed E-state index contributed by atoms with van der Waals surface area (Å²) < 4.78 is 0. The molecule has 0 unspecified atom stereocenters. The molecule has 0 aliphatic carbocycles. The molecule has 0 bridgehead atoms. The van der Waals surface area contributed by atoms with Crippen LogP contribution in [0.4, 0.5) is 0 Å². The topological polar surface area (TPSA) is 37.3 Å². The quantitative estimate of drug-likeness (QED) is 0.665. The molecule has 0 radical (unpaired) electrons. The van der Waals surface area contributed by atoms with Crippen LogP contribution in [0.2, 0.25) is 0 Å². The SMILES string of the molecule is O=C(O)/C(=C\c1ccccc1)Sc1ccccc1. The van der Waals surface area contributed by atoms with E-state index in [-0.39, 0.29) is 0 Å². The molecule has 0 aliphatic rings. The largest absolute Gasteiger partial charge is 0.477 e. The maximum Gasteiger partial charge on any atom is 0.342 e. The summed E-state index contributed by atoms with van der Waals surface area (Å²) in [5, 5.41) is 9.21. The van der Waals surface area contributed by atoms with Crippen LogP contribution in [0.25, 0.3) is 6.08 Å². The third kappa shape index (κ3) is 3.50.